The zero-order valence-corrected chi connectivity index (χ0v) is 7.99. The molecule has 1 aromatic carbocycles. The van der Waals surface area contributed by atoms with E-state index in [4.69, 9.17) is 0 Å². The standard InChI is InChI=1S/C11H14N2O/c1-2-3-9-12-11(14)13-10-7-5-4-6-8-10/h2,4-8H,1,3,9H2,(H2,12,13,14). The van der Waals surface area contributed by atoms with Crippen LogP contribution in [0.4, 0.5) is 10.5 Å². The van der Waals surface area contributed by atoms with Crippen molar-refractivity contribution < 1.29 is 4.79 Å². The van der Waals surface area contributed by atoms with Crippen LogP contribution in [0.25, 0.3) is 0 Å². The van der Waals surface area contributed by atoms with E-state index in [9.17, 15) is 4.79 Å². The van der Waals surface area contributed by atoms with Crippen molar-refractivity contribution in [1.29, 1.82) is 0 Å². The molecule has 0 aromatic heterocycles. The molecule has 0 aliphatic carbocycles. The first-order valence-corrected chi connectivity index (χ1v) is 4.53. The molecule has 3 heteroatoms. The molecule has 0 aliphatic heterocycles. The highest BCUT2D eigenvalue weighted by molar-refractivity contribution is 5.89. The minimum Gasteiger partial charge on any atom is -0.338 e. The first-order chi connectivity index (χ1) is 6.83. The third kappa shape index (κ3) is 3.76. The summed E-state index contributed by atoms with van der Waals surface area (Å²) in [5.41, 5.74) is 0.795. The third-order valence-corrected chi connectivity index (χ3v) is 1.67. The van der Waals surface area contributed by atoms with Crippen LogP contribution < -0.4 is 10.6 Å². The van der Waals surface area contributed by atoms with Crippen molar-refractivity contribution in [2.45, 2.75) is 6.42 Å². The number of rotatable bonds is 4. The SMILES string of the molecule is C=CCCNC(=O)Nc1ccccc1. The second-order valence-electron chi connectivity index (χ2n) is 2.82. The first-order valence-electron chi connectivity index (χ1n) is 4.53. The summed E-state index contributed by atoms with van der Waals surface area (Å²) in [4.78, 5) is 11.2. The summed E-state index contributed by atoms with van der Waals surface area (Å²) in [5, 5.41) is 5.43. The summed E-state index contributed by atoms with van der Waals surface area (Å²) >= 11 is 0. The van der Waals surface area contributed by atoms with Crippen LogP contribution >= 0.6 is 0 Å². The van der Waals surface area contributed by atoms with Crippen LogP contribution in [0.5, 0.6) is 0 Å². The summed E-state index contributed by atoms with van der Waals surface area (Å²) < 4.78 is 0. The maximum Gasteiger partial charge on any atom is 0.319 e. The minimum absolute atomic E-state index is 0.182. The number of urea groups is 1. The number of hydrogen-bond donors (Lipinski definition) is 2. The molecule has 1 rings (SSSR count). The van der Waals surface area contributed by atoms with Gasteiger partial charge in [-0.25, -0.2) is 4.79 Å². The van der Waals surface area contributed by atoms with Gasteiger partial charge >= 0.3 is 6.03 Å². The van der Waals surface area contributed by atoms with E-state index in [1.807, 2.05) is 30.3 Å². The fourth-order valence-electron chi connectivity index (χ4n) is 0.985. The van der Waals surface area contributed by atoms with Crippen LogP contribution in [-0.2, 0) is 0 Å². The van der Waals surface area contributed by atoms with E-state index >= 15 is 0 Å². The Labute approximate surface area is 83.8 Å². The number of hydrogen-bond acceptors (Lipinski definition) is 1. The van der Waals surface area contributed by atoms with Crippen LogP contribution in [0, 0.1) is 0 Å². The lowest BCUT2D eigenvalue weighted by Gasteiger charge is -2.05. The largest absolute Gasteiger partial charge is 0.338 e. The highest BCUT2D eigenvalue weighted by atomic mass is 16.2. The Bertz CT molecular complexity index is 295. The van der Waals surface area contributed by atoms with Crippen molar-refractivity contribution in [3.05, 3.63) is 43.0 Å². The molecule has 0 atom stereocenters. The molecule has 0 fully saturated rings. The van der Waals surface area contributed by atoms with Gasteiger partial charge in [-0.3, -0.25) is 0 Å². The predicted molar refractivity (Wildman–Crippen MR) is 58.3 cm³/mol. The van der Waals surface area contributed by atoms with Crippen molar-refractivity contribution >= 4 is 11.7 Å². The van der Waals surface area contributed by atoms with Gasteiger partial charge in [0.1, 0.15) is 0 Å². The molecule has 0 aliphatic rings. The third-order valence-electron chi connectivity index (χ3n) is 1.67. The first kappa shape index (κ1) is 10.3. The van der Waals surface area contributed by atoms with Gasteiger partial charge in [-0.05, 0) is 18.6 Å². The zero-order valence-electron chi connectivity index (χ0n) is 7.99. The van der Waals surface area contributed by atoms with Gasteiger partial charge in [0.05, 0.1) is 0 Å². The van der Waals surface area contributed by atoms with Gasteiger partial charge in [0.25, 0.3) is 0 Å². The Hall–Kier alpha value is -1.77. The van der Waals surface area contributed by atoms with Crippen molar-refractivity contribution in [2.24, 2.45) is 0 Å². The molecule has 0 unspecified atom stereocenters. The summed E-state index contributed by atoms with van der Waals surface area (Å²) in [6.45, 7) is 4.18. The van der Waals surface area contributed by atoms with Gasteiger partial charge < -0.3 is 10.6 Å². The van der Waals surface area contributed by atoms with E-state index in [1.54, 1.807) is 6.08 Å². The molecule has 0 radical (unpaired) electrons. The smallest absolute Gasteiger partial charge is 0.319 e. The van der Waals surface area contributed by atoms with Crippen molar-refractivity contribution in [1.82, 2.24) is 5.32 Å². The van der Waals surface area contributed by atoms with Gasteiger partial charge in [0.15, 0.2) is 0 Å². The number of anilines is 1. The Kier molecular flexibility index (Phi) is 4.27. The minimum atomic E-state index is -0.182. The fraction of sp³-hybridized carbons (Fsp3) is 0.182. The van der Waals surface area contributed by atoms with Crippen LogP contribution in [0.1, 0.15) is 6.42 Å². The molecule has 14 heavy (non-hydrogen) atoms. The average molecular weight is 190 g/mol. The van der Waals surface area contributed by atoms with Gasteiger partial charge in [-0.2, -0.15) is 0 Å². The molecule has 3 nitrogen and oxygen atoms in total. The van der Waals surface area contributed by atoms with Crippen LogP contribution in [0.15, 0.2) is 43.0 Å². The van der Waals surface area contributed by atoms with Gasteiger partial charge in [-0.15, -0.1) is 6.58 Å². The Morgan fingerprint density at radius 3 is 2.71 bits per heavy atom. The highest BCUT2D eigenvalue weighted by Crippen LogP contribution is 2.03. The fourth-order valence-corrected chi connectivity index (χ4v) is 0.985. The topological polar surface area (TPSA) is 41.1 Å². The second kappa shape index (κ2) is 5.80. The Morgan fingerprint density at radius 1 is 1.36 bits per heavy atom. The number of carbonyl (C=O) groups excluding carboxylic acids is 1. The van der Waals surface area contributed by atoms with Crippen LogP contribution in [-0.4, -0.2) is 12.6 Å². The summed E-state index contributed by atoms with van der Waals surface area (Å²) in [6.07, 6.45) is 2.55. The van der Waals surface area contributed by atoms with E-state index < -0.39 is 0 Å². The van der Waals surface area contributed by atoms with Crippen LogP contribution in [0.2, 0.25) is 0 Å². The molecule has 0 spiro atoms. The quantitative estimate of drug-likeness (QED) is 0.555. The zero-order chi connectivity index (χ0) is 10.2. The molecule has 0 heterocycles. The highest BCUT2D eigenvalue weighted by Gasteiger charge is 1.97. The second-order valence-corrected chi connectivity index (χ2v) is 2.82. The number of benzene rings is 1. The Morgan fingerprint density at radius 2 is 2.07 bits per heavy atom. The van der Waals surface area contributed by atoms with E-state index in [-0.39, 0.29) is 6.03 Å². The number of nitrogens with one attached hydrogen (secondary N) is 2. The molecular formula is C11H14N2O. The van der Waals surface area contributed by atoms with Gasteiger partial charge in [-0.1, -0.05) is 24.3 Å². The van der Waals surface area contributed by atoms with Crippen molar-refractivity contribution in [2.75, 3.05) is 11.9 Å². The summed E-state index contributed by atoms with van der Waals surface area (Å²) in [6, 6.07) is 9.15. The van der Waals surface area contributed by atoms with E-state index in [0.717, 1.165) is 12.1 Å². The lowest BCUT2D eigenvalue weighted by Crippen LogP contribution is -2.29. The molecular weight excluding hydrogens is 176 g/mol. The number of carbonyl (C=O) groups is 1. The van der Waals surface area contributed by atoms with Crippen LogP contribution in [0.3, 0.4) is 0 Å². The van der Waals surface area contributed by atoms with Gasteiger partial charge in [0, 0.05) is 12.2 Å². The number of para-hydroxylation sites is 1. The predicted octanol–water partition coefficient (Wildman–Crippen LogP) is 2.38. The molecule has 2 N–H and O–H groups in total. The summed E-state index contributed by atoms with van der Waals surface area (Å²) in [7, 11) is 0. The normalized spacial score (nSPS) is 9.14. The van der Waals surface area contributed by atoms with Crippen molar-refractivity contribution in [3.8, 4) is 0 Å². The van der Waals surface area contributed by atoms with Gasteiger partial charge in [0.2, 0.25) is 0 Å². The summed E-state index contributed by atoms with van der Waals surface area (Å²) in [5.74, 6) is 0. The maximum absolute atomic E-state index is 11.2. The van der Waals surface area contributed by atoms with E-state index in [1.165, 1.54) is 0 Å². The lowest BCUT2D eigenvalue weighted by molar-refractivity contribution is 0.252. The molecule has 2 amide bonds. The number of amides is 2. The van der Waals surface area contributed by atoms with Crippen molar-refractivity contribution in [3.63, 3.8) is 0 Å². The molecule has 0 bridgehead atoms. The lowest BCUT2D eigenvalue weighted by atomic mass is 10.3. The molecule has 0 saturated heterocycles. The molecule has 1 aromatic rings. The maximum atomic E-state index is 11.2. The average Bonchev–Trinajstić information content (AvgIpc) is 2.20. The molecule has 0 saturated carbocycles. The monoisotopic (exact) mass is 190 g/mol. The Balaban J connectivity index is 2.31. The van der Waals surface area contributed by atoms with E-state index in [2.05, 4.69) is 17.2 Å². The van der Waals surface area contributed by atoms with E-state index in [0.29, 0.717) is 6.54 Å². The molecule has 74 valence electrons.